The molecule has 6 heteroatoms. The maximum Gasteiger partial charge on any atom is 0.265 e. The lowest BCUT2D eigenvalue weighted by Gasteiger charge is -2.11. The van der Waals surface area contributed by atoms with Crippen molar-refractivity contribution in [2.45, 2.75) is 19.6 Å². The Balaban J connectivity index is 3.31. The van der Waals surface area contributed by atoms with Gasteiger partial charge in [0.2, 0.25) is 0 Å². The summed E-state index contributed by atoms with van der Waals surface area (Å²) in [6.45, 7) is -0.387. The predicted octanol–water partition coefficient (Wildman–Crippen LogP) is 1.73. The second-order valence-electron chi connectivity index (χ2n) is 2.62. The zero-order chi connectivity index (χ0) is 10.7. The van der Waals surface area contributed by atoms with Crippen LogP contribution in [0.4, 0.5) is 8.78 Å². The van der Waals surface area contributed by atoms with Crippen LogP contribution in [-0.4, -0.2) is 10.1 Å². The minimum absolute atomic E-state index is 0.0754. The normalized spacial score (nSPS) is 11.0. The quantitative estimate of drug-likeness (QED) is 0.876. The molecule has 0 bridgehead atoms. The monoisotopic (exact) mass is 266 g/mol. The average Bonchev–Trinajstić information content (AvgIpc) is 2.16. The van der Waals surface area contributed by atoms with Gasteiger partial charge in [-0.3, -0.25) is 4.98 Å². The van der Waals surface area contributed by atoms with Crippen molar-refractivity contribution in [2.24, 2.45) is 5.73 Å². The number of aliphatic hydroxyl groups is 1. The Kier molecular flexibility index (Phi) is 3.91. The highest BCUT2D eigenvalue weighted by molar-refractivity contribution is 9.10. The molecule has 0 aliphatic rings. The van der Waals surface area contributed by atoms with Crippen LogP contribution in [0.25, 0.3) is 0 Å². The number of alkyl halides is 2. The fourth-order valence-corrected chi connectivity index (χ4v) is 1.77. The number of hydrogen-bond acceptors (Lipinski definition) is 3. The van der Waals surface area contributed by atoms with Gasteiger partial charge in [-0.15, -0.1) is 0 Å². The van der Waals surface area contributed by atoms with E-state index in [4.69, 9.17) is 10.8 Å². The summed E-state index contributed by atoms with van der Waals surface area (Å²) in [6, 6.07) is 0. The highest BCUT2D eigenvalue weighted by Crippen LogP contribution is 2.32. The van der Waals surface area contributed by atoms with Crippen molar-refractivity contribution in [3.63, 3.8) is 0 Å². The van der Waals surface area contributed by atoms with Crippen LogP contribution in [0.3, 0.4) is 0 Å². The molecule has 14 heavy (non-hydrogen) atoms. The van der Waals surface area contributed by atoms with E-state index in [1.807, 2.05) is 0 Å². The first-order chi connectivity index (χ1) is 6.61. The fourth-order valence-electron chi connectivity index (χ4n) is 1.08. The molecule has 1 aromatic rings. The van der Waals surface area contributed by atoms with Crippen molar-refractivity contribution < 1.29 is 13.9 Å². The summed E-state index contributed by atoms with van der Waals surface area (Å²) in [6.07, 6.45) is -1.44. The van der Waals surface area contributed by atoms with Gasteiger partial charge in [-0.1, -0.05) is 0 Å². The number of nitrogens with two attached hydrogens (primary N) is 1. The predicted molar refractivity (Wildman–Crippen MR) is 50.7 cm³/mol. The number of rotatable bonds is 3. The lowest BCUT2D eigenvalue weighted by atomic mass is 10.1. The first-order valence-electron chi connectivity index (χ1n) is 3.87. The minimum Gasteiger partial charge on any atom is -0.392 e. The van der Waals surface area contributed by atoms with Gasteiger partial charge in [-0.2, -0.15) is 0 Å². The first-order valence-corrected chi connectivity index (χ1v) is 4.66. The van der Waals surface area contributed by atoms with Crippen LogP contribution in [0.15, 0.2) is 10.7 Å². The molecule has 0 spiro atoms. The first kappa shape index (κ1) is 11.5. The molecule has 0 aromatic carbocycles. The van der Waals surface area contributed by atoms with Gasteiger partial charge in [-0.05, 0) is 15.9 Å². The SMILES string of the molecule is NCc1ncc(CO)c(C(F)F)c1Br. The van der Waals surface area contributed by atoms with Crippen LogP contribution >= 0.6 is 15.9 Å². The standard InChI is InChI=1S/C8H9BrF2N2O/c9-7-5(1-12)13-2-4(3-14)6(7)8(10)11/h2,8,14H,1,3,12H2. The Morgan fingerprint density at radius 1 is 1.57 bits per heavy atom. The molecule has 0 unspecified atom stereocenters. The van der Waals surface area contributed by atoms with Gasteiger partial charge in [0.05, 0.1) is 12.3 Å². The van der Waals surface area contributed by atoms with Gasteiger partial charge in [0.15, 0.2) is 0 Å². The molecule has 0 aliphatic heterocycles. The van der Waals surface area contributed by atoms with E-state index in [9.17, 15) is 8.78 Å². The number of nitrogens with zero attached hydrogens (tertiary/aromatic N) is 1. The van der Waals surface area contributed by atoms with E-state index in [0.717, 1.165) is 0 Å². The molecule has 1 aromatic heterocycles. The van der Waals surface area contributed by atoms with Gasteiger partial charge in [0.25, 0.3) is 6.43 Å². The van der Waals surface area contributed by atoms with E-state index < -0.39 is 13.0 Å². The Morgan fingerprint density at radius 3 is 2.64 bits per heavy atom. The number of aromatic nitrogens is 1. The van der Waals surface area contributed by atoms with Crippen molar-refractivity contribution in [3.05, 3.63) is 27.5 Å². The number of pyridine rings is 1. The Hall–Kier alpha value is -0.590. The third kappa shape index (κ3) is 2.08. The maximum absolute atomic E-state index is 12.6. The van der Waals surface area contributed by atoms with Crippen LogP contribution < -0.4 is 5.73 Å². The molecular weight excluding hydrogens is 258 g/mol. The van der Waals surface area contributed by atoms with Crippen LogP contribution in [-0.2, 0) is 13.2 Å². The molecule has 1 heterocycles. The molecular formula is C8H9BrF2N2O. The Morgan fingerprint density at radius 2 is 2.21 bits per heavy atom. The van der Waals surface area contributed by atoms with Gasteiger partial charge >= 0.3 is 0 Å². The maximum atomic E-state index is 12.6. The molecule has 0 atom stereocenters. The second kappa shape index (κ2) is 4.77. The summed E-state index contributed by atoms with van der Waals surface area (Å²) in [7, 11) is 0. The van der Waals surface area contributed by atoms with Gasteiger partial charge in [0.1, 0.15) is 0 Å². The molecule has 3 N–H and O–H groups in total. The molecule has 0 saturated heterocycles. The summed E-state index contributed by atoms with van der Waals surface area (Å²) < 4.78 is 25.3. The van der Waals surface area contributed by atoms with Crippen LogP contribution in [0.1, 0.15) is 23.2 Å². The second-order valence-corrected chi connectivity index (χ2v) is 3.41. The minimum atomic E-state index is -2.65. The summed E-state index contributed by atoms with van der Waals surface area (Å²) >= 11 is 3.00. The molecule has 0 aliphatic carbocycles. The molecule has 0 radical (unpaired) electrons. The van der Waals surface area contributed by atoms with Crippen molar-refractivity contribution in [2.75, 3.05) is 0 Å². The third-order valence-electron chi connectivity index (χ3n) is 1.79. The topological polar surface area (TPSA) is 59.1 Å². The Labute approximate surface area is 88.1 Å². The van der Waals surface area contributed by atoms with Gasteiger partial charge in [0, 0.05) is 28.3 Å². The number of aliphatic hydroxyl groups excluding tert-OH is 1. The van der Waals surface area contributed by atoms with Crippen molar-refractivity contribution in [1.82, 2.24) is 4.98 Å². The smallest absolute Gasteiger partial charge is 0.265 e. The van der Waals surface area contributed by atoms with Crippen molar-refractivity contribution >= 4 is 15.9 Å². The van der Waals surface area contributed by atoms with Crippen LogP contribution in [0, 0.1) is 0 Å². The van der Waals surface area contributed by atoms with E-state index in [2.05, 4.69) is 20.9 Å². The molecule has 0 fully saturated rings. The zero-order valence-electron chi connectivity index (χ0n) is 7.17. The molecule has 0 saturated carbocycles. The highest BCUT2D eigenvalue weighted by atomic mass is 79.9. The molecule has 78 valence electrons. The van der Waals surface area contributed by atoms with Gasteiger partial charge < -0.3 is 10.8 Å². The van der Waals surface area contributed by atoms with Crippen LogP contribution in [0.2, 0.25) is 0 Å². The fraction of sp³-hybridized carbons (Fsp3) is 0.375. The Bertz CT molecular complexity index is 333. The highest BCUT2D eigenvalue weighted by Gasteiger charge is 2.19. The van der Waals surface area contributed by atoms with Crippen LogP contribution in [0.5, 0.6) is 0 Å². The summed E-state index contributed by atoms with van der Waals surface area (Å²) in [5, 5.41) is 8.83. The zero-order valence-corrected chi connectivity index (χ0v) is 8.76. The summed E-state index contributed by atoms with van der Waals surface area (Å²) in [4.78, 5) is 3.85. The van der Waals surface area contributed by atoms with E-state index in [0.29, 0.717) is 5.69 Å². The number of hydrogen-bond donors (Lipinski definition) is 2. The van der Waals surface area contributed by atoms with E-state index >= 15 is 0 Å². The lowest BCUT2D eigenvalue weighted by Crippen LogP contribution is -2.06. The van der Waals surface area contributed by atoms with E-state index in [-0.39, 0.29) is 22.1 Å². The van der Waals surface area contributed by atoms with Crippen molar-refractivity contribution in [3.8, 4) is 0 Å². The summed E-state index contributed by atoms with van der Waals surface area (Å²) in [5.74, 6) is 0. The molecule has 3 nitrogen and oxygen atoms in total. The van der Waals surface area contributed by atoms with E-state index in [1.165, 1.54) is 6.20 Å². The number of halogens is 3. The lowest BCUT2D eigenvalue weighted by molar-refractivity contribution is 0.146. The van der Waals surface area contributed by atoms with Gasteiger partial charge in [-0.25, -0.2) is 8.78 Å². The summed E-state index contributed by atoms with van der Waals surface area (Å²) in [5.41, 5.74) is 5.55. The average molecular weight is 267 g/mol. The largest absolute Gasteiger partial charge is 0.392 e. The molecule has 0 amide bonds. The van der Waals surface area contributed by atoms with E-state index in [1.54, 1.807) is 0 Å². The molecule has 1 rings (SSSR count). The third-order valence-corrected chi connectivity index (χ3v) is 2.68. The van der Waals surface area contributed by atoms with Crippen molar-refractivity contribution in [1.29, 1.82) is 0 Å².